The zero-order valence-electron chi connectivity index (χ0n) is 10.8. The van der Waals surface area contributed by atoms with Crippen LogP contribution in [0.3, 0.4) is 0 Å². The number of fused-ring (bicyclic) bond motifs is 1. The van der Waals surface area contributed by atoms with Gasteiger partial charge in [0.05, 0.1) is 0 Å². The summed E-state index contributed by atoms with van der Waals surface area (Å²) < 4.78 is 2.33. The SMILES string of the molecule is CC1(C)CCC(C)(C)c2cc(Br)c(Br)cc21.S. The minimum absolute atomic E-state index is 0. The fourth-order valence-corrected chi connectivity index (χ4v) is 3.25. The van der Waals surface area contributed by atoms with E-state index in [9.17, 15) is 0 Å². The summed E-state index contributed by atoms with van der Waals surface area (Å²) >= 11 is 7.23. The van der Waals surface area contributed by atoms with Gasteiger partial charge in [-0.1, -0.05) is 27.7 Å². The highest BCUT2D eigenvalue weighted by Gasteiger charge is 2.37. The number of hydrogen-bond donors (Lipinski definition) is 0. The minimum atomic E-state index is 0. The second-order valence-corrected chi connectivity index (χ2v) is 7.79. The van der Waals surface area contributed by atoms with Gasteiger partial charge in [-0.2, -0.15) is 13.5 Å². The number of benzene rings is 1. The van der Waals surface area contributed by atoms with Crippen LogP contribution in [0.2, 0.25) is 0 Å². The molecule has 17 heavy (non-hydrogen) atoms. The van der Waals surface area contributed by atoms with Crippen LogP contribution in [-0.2, 0) is 10.8 Å². The molecule has 1 aliphatic carbocycles. The Kier molecular flexibility index (Phi) is 4.49. The van der Waals surface area contributed by atoms with Crippen molar-refractivity contribution in [1.29, 1.82) is 0 Å². The van der Waals surface area contributed by atoms with Crippen molar-refractivity contribution in [3.63, 3.8) is 0 Å². The first-order valence-electron chi connectivity index (χ1n) is 5.74. The molecule has 0 saturated carbocycles. The molecule has 0 bridgehead atoms. The molecule has 1 aromatic carbocycles. The lowest BCUT2D eigenvalue weighted by Gasteiger charge is -2.42. The van der Waals surface area contributed by atoms with Crippen LogP contribution in [0, 0.1) is 0 Å². The first-order chi connectivity index (χ1) is 7.24. The molecule has 0 spiro atoms. The molecule has 3 heteroatoms. The van der Waals surface area contributed by atoms with E-state index in [1.807, 2.05) is 0 Å². The second-order valence-electron chi connectivity index (χ2n) is 6.08. The molecule has 0 amide bonds. The van der Waals surface area contributed by atoms with Gasteiger partial charge in [0.1, 0.15) is 0 Å². The molecule has 0 N–H and O–H groups in total. The van der Waals surface area contributed by atoms with Crippen LogP contribution in [0.15, 0.2) is 21.1 Å². The molecule has 0 radical (unpaired) electrons. The third kappa shape index (κ3) is 2.76. The van der Waals surface area contributed by atoms with Crippen molar-refractivity contribution in [2.24, 2.45) is 0 Å². The standard InChI is InChI=1S/C14H18Br2.H2S/c1-13(2)5-6-14(3,4)10-8-12(16)11(15)7-9(10)13;/h7-8H,5-6H2,1-4H3;1H2. The Morgan fingerprint density at radius 2 is 1.12 bits per heavy atom. The van der Waals surface area contributed by atoms with Crippen molar-refractivity contribution in [2.45, 2.75) is 51.4 Å². The lowest BCUT2D eigenvalue weighted by molar-refractivity contribution is 0.331. The summed E-state index contributed by atoms with van der Waals surface area (Å²) in [5, 5.41) is 0. The smallest absolute Gasteiger partial charge is 0.0320 e. The van der Waals surface area contributed by atoms with Crippen molar-refractivity contribution in [3.8, 4) is 0 Å². The Balaban J connectivity index is 0.00000144. The Morgan fingerprint density at radius 1 is 0.824 bits per heavy atom. The molecule has 0 aliphatic heterocycles. The maximum atomic E-state index is 3.62. The summed E-state index contributed by atoms with van der Waals surface area (Å²) in [7, 11) is 0. The summed E-state index contributed by atoms with van der Waals surface area (Å²) in [6, 6.07) is 4.58. The van der Waals surface area contributed by atoms with Gasteiger partial charge in [0.2, 0.25) is 0 Å². The summed E-state index contributed by atoms with van der Waals surface area (Å²) in [6.45, 7) is 9.39. The average Bonchev–Trinajstić information content (AvgIpc) is 2.17. The van der Waals surface area contributed by atoms with Gasteiger partial charge in [-0.25, -0.2) is 0 Å². The monoisotopic (exact) mass is 378 g/mol. The zero-order valence-corrected chi connectivity index (χ0v) is 15.0. The molecule has 0 heterocycles. The molecule has 0 saturated heterocycles. The molecular formula is C14H20Br2S. The van der Waals surface area contributed by atoms with Gasteiger partial charge < -0.3 is 0 Å². The van der Waals surface area contributed by atoms with Crippen LogP contribution in [0.5, 0.6) is 0 Å². The van der Waals surface area contributed by atoms with E-state index in [0.29, 0.717) is 10.8 Å². The predicted molar refractivity (Wildman–Crippen MR) is 87.5 cm³/mol. The fourth-order valence-electron chi connectivity index (χ4n) is 2.56. The first-order valence-corrected chi connectivity index (χ1v) is 7.33. The summed E-state index contributed by atoms with van der Waals surface area (Å²) in [6.07, 6.45) is 2.53. The normalized spacial score (nSPS) is 20.4. The van der Waals surface area contributed by atoms with Crippen LogP contribution in [0.4, 0.5) is 0 Å². The third-order valence-corrected chi connectivity index (χ3v) is 5.74. The summed E-state index contributed by atoms with van der Waals surface area (Å²) in [4.78, 5) is 0. The summed E-state index contributed by atoms with van der Waals surface area (Å²) in [5.74, 6) is 0. The van der Waals surface area contributed by atoms with Crippen molar-refractivity contribution >= 4 is 45.4 Å². The highest BCUT2D eigenvalue weighted by Crippen LogP contribution is 2.47. The van der Waals surface area contributed by atoms with Crippen LogP contribution < -0.4 is 0 Å². The molecule has 1 aromatic rings. The molecule has 96 valence electrons. The fraction of sp³-hybridized carbons (Fsp3) is 0.571. The van der Waals surface area contributed by atoms with Crippen LogP contribution in [0.1, 0.15) is 51.7 Å². The van der Waals surface area contributed by atoms with Gasteiger partial charge in [0, 0.05) is 8.95 Å². The largest absolute Gasteiger partial charge is 0.197 e. The Morgan fingerprint density at radius 3 is 1.41 bits per heavy atom. The minimum Gasteiger partial charge on any atom is -0.197 e. The van der Waals surface area contributed by atoms with E-state index < -0.39 is 0 Å². The topological polar surface area (TPSA) is 0 Å². The maximum absolute atomic E-state index is 3.62. The molecule has 0 aromatic heterocycles. The number of rotatable bonds is 0. The maximum Gasteiger partial charge on any atom is 0.0320 e. The van der Waals surface area contributed by atoms with E-state index in [2.05, 4.69) is 71.7 Å². The van der Waals surface area contributed by atoms with Crippen molar-refractivity contribution in [3.05, 3.63) is 32.2 Å². The Hall–Kier alpha value is 0.530. The quantitative estimate of drug-likeness (QED) is 0.544. The Labute approximate surface area is 128 Å². The lowest BCUT2D eigenvalue weighted by Crippen LogP contribution is -2.33. The zero-order chi connectivity index (χ0) is 12.1. The van der Waals surface area contributed by atoms with Crippen LogP contribution in [-0.4, -0.2) is 0 Å². The predicted octanol–water partition coefficient (Wildman–Crippen LogP) is 5.67. The van der Waals surface area contributed by atoms with Gasteiger partial charge in [0.15, 0.2) is 0 Å². The average molecular weight is 380 g/mol. The second kappa shape index (κ2) is 4.90. The Bertz CT molecular complexity index is 395. The molecule has 0 fully saturated rings. The highest BCUT2D eigenvalue weighted by molar-refractivity contribution is 9.13. The number of halogens is 2. The van der Waals surface area contributed by atoms with Gasteiger partial charge in [-0.15, -0.1) is 0 Å². The van der Waals surface area contributed by atoms with E-state index in [1.54, 1.807) is 0 Å². The lowest BCUT2D eigenvalue weighted by atomic mass is 9.63. The van der Waals surface area contributed by atoms with Crippen LogP contribution >= 0.6 is 45.4 Å². The van der Waals surface area contributed by atoms with Crippen molar-refractivity contribution in [1.82, 2.24) is 0 Å². The van der Waals surface area contributed by atoms with E-state index in [-0.39, 0.29) is 13.5 Å². The molecule has 1 aliphatic rings. The summed E-state index contributed by atoms with van der Waals surface area (Å²) in [5.41, 5.74) is 3.60. The van der Waals surface area contributed by atoms with Gasteiger partial charge in [-0.05, 0) is 78.8 Å². The van der Waals surface area contributed by atoms with E-state index in [0.717, 1.165) is 8.95 Å². The van der Waals surface area contributed by atoms with Crippen molar-refractivity contribution < 1.29 is 0 Å². The molecule has 0 nitrogen and oxygen atoms in total. The van der Waals surface area contributed by atoms with Gasteiger partial charge >= 0.3 is 0 Å². The van der Waals surface area contributed by atoms with E-state index >= 15 is 0 Å². The van der Waals surface area contributed by atoms with Crippen LogP contribution in [0.25, 0.3) is 0 Å². The number of hydrogen-bond acceptors (Lipinski definition) is 0. The first kappa shape index (κ1) is 15.6. The van der Waals surface area contributed by atoms with Crippen molar-refractivity contribution in [2.75, 3.05) is 0 Å². The third-order valence-electron chi connectivity index (χ3n) is 3.89. The molecule has 0 unspecified atom stereocenters. The van der Waals surface area contributed by atoms with Gasteiger partial charge in [0.25, 0.3) is 0 Å². The van der Waals surface area contributed by atoms with E-state index in [4.69, 9.17) is 0 Å². The van der Waals surface area contributed by atoms with E-state index in [1.165, 1.54) is 24.0 Å². The molecular weight excluding hydrogens is 360 g/mol. The van der Waals surface area contributed by atoms with Gasteiger partial charge in [-0.3, -0.25) is 0 Å². The highest BCUT2D eigenvalue weighted by atomic mass is 79.9. The molecule has 2 rings (SSSR count). The molecule has 0 atom stereocenters.